The molecule has 0 bridgehead atoms. The number of nitrogens with one attached hydrogen (secondary N) is 2. The molecular weight excluding hydrogens is 328 g/mol. The fourth-order valence-corrected chi connectivity index (χ4v) is 3.14. The largest absolute Gasteiger partial charge is 0.372 e. The fraction of sp³-hybridized carbons (Fsp3) is 0.300. The van der Waals surface area contributed by atoms with Crippen molar-refractivity contribution in [1.82, 2.24) is 5.32 Å². The van der Waals surface area contributed by atoms with Gasteiger partial charge in [-0.3, -0.25) is 0 Å². The van der Waals surface area contributed by atoms with Crippen molar-refractivity contribution in [3.63, 3.8) is 0 Å². The van der Waals surface area contributed by atoms with E-state index in [0.717, 1.165) is 11.3 Å². The zero-order chi connectivity index (χ0) is 17.5. The molecule has 25 heavy (non-hydrogen) atoms. The van der Waals surface area contributed by atoms with Gasteiger partial charge in [0.15, 0.2) is 5.11 Å². The Labute approximate surface area is 154 Å². The van der Waals surface area contributed by atoms with E-state index in [1.54, 1.807) is 0 Å². The van der Waals surface area contributed by atoms with Crippen LogP contribution in [0.5, 0.6) is 0 Å². The van der Waals surface area contributed by atoms with Crippen molar-refractivity contribution in [2.24, 2.45) is 0 Å². The third-order valence-corrected chi connectivity index (χ3v) is 4.60. The first-order valence-corrected chi connectivity index (χ1v) is 9.00. The van der Waals surface area contributed by atoms with Gasteiger partial charge in [0.25, 0.3) is 0 Å². The summed E-state index contributed by atoms with van der Waals surface area (Å²) in [5.74, 6) is 0. The lowest BCUT2D eigenvalue weighted by molar-refractivity contribution is 0.921. The normalized spacial score (nSPS) is 13.3. The molecule has 1 aliphatic rings. The highest BCUT2D eigenvalue weighted by atomic mass is 32.1. The summed E-state index contributed by atoms with van der Waals surface area (Å²) < 4.78 is 0. The Kier molecular flexibility index (Phi) is 5.86. The lowest BCUT2D eigenvalue weighted by Crippen LogP contribution is -2.27. The average molecular weight is 350 g/mol. The summed E-state index contributed by atoms with van der Waals surface area (Å²) >= 11 is 5.35. The van der Waals surface area contributed by atoms with E-state index in [1.165, 1.54) is 37.2 Å². The quantitative estimate of drug-likeness (QED) is 0.803. The van der Waals surface area contributed by atoms with Crippen LogP contribution in [-0.2, 0) is 13.0 Å². The van der Waals surface area contributed by atoms with Crippen molar-refractivity contribution in [3.05, 3.63) is 59.7 Å². The number of benzene rings is 2. The predicted octanol–water partition coefficient (Wildman–Crippen LogP) is 3.84. The number of nitriles is 1. The molecule has 0 amide bonds. The minimum atomic E-state index is 0.427. The van der Waals surface area contributed by atoms with E-state index in [-0.39, 0.29) is 0 Å². The molecule has 128 valence electrons. The molecule has 0 atom stereocenters. The summed E-state index contributed by atoms with van der Waals surface area (Å²) in [5, 5.41) is 15.7. The number of rotatable bonds is 5. The third-order valence-electron chi connectivity index (χ3n) is 4.36. The lowest BCUT2D eigenvalue weighted by atomic mass is 10.1. The van der Waals surface area contributed by atoms with Crippen LogP contribution in [0.15, 0.2) is 48.5 Å². The van der Waals surface area contributed by atoms with Crippen molar-refractivity contribution < 1.29 is 0 Å². The molecule has 2 aromatic carbocycles. The van der Waals surface area contributed by atoms with Gasteiger partial charge in [0.2, 0.25) is 0 Å². The summed E-state index contributed by atoms with van der Waals surface area (Å²) in [4.78, 5) is 2.43. The first-order chi connectivity index (χ1) is 12.2. The standard InChI is InChI=1S/C20H22N4S/c21-12-11-16-3-7-18(8-4-16)23-20(25)22-15-17-5-9-19(10-6-17)24-13-1-2-14-24/h3-10H,1-2,11,13-15H2,(H2,22,23,25). The van der Waals surface area contributed by atoms with E-state index in [0.29, 0.717) is 18.1 Å². The number of thiocarbonyl (C=S) groups is 1. The molecule has 0 radical (unpaired) electrons. The molecule has 0 saturated carbocycles. The second-order valence-corrected chi connectivity index (χ2v) is 6.61. The van der Waals surface area contributed by atoms with Gasteiger partial charge in [-0.2, -0.15) is 5.26 Å². The summed E-state index contributed by atoms with van der Waals surface area (Å²) in [5.41, 5.74) is 4.43. The maximum absolute atomic E-state index is 8.69. The average Bonchev–Trinajstić information content (AvgIpc) is 3.17. The highest BCUT2D eigenvalue weighted by Gasteiger charge is 2.11. The first kappa shape index (κ1) is 17.2. The van der Waals surface area contributed by atoms with E-state index in [1.807, 2.05) is 24.3 Å². The topological polar surface area (TPSA) is 51.1 Å². The van der Waals surface area contributed by atoms with Crippen LogP contribution in [0.1, 0.15) is 24.0 Å². The van der Waals surface area contributed by atoms with E-state index < -0.39 is 0 Å². The van der Waals surface area contributed by atoms with Crippen LogP contribution in [0.25, 0.3) is 0 Å². The van der Waals surface area contributed by atoms with Gasteiger partial charge in [0.05, 0.1) is 12.5 Å². The number of hydrogen-bond donors (Lipinski definition) is 2. The highest BCUT2D eigenvalue weighted by molar-refractivity contribution is 7.80. The Morgan fingerprint density at radius 1 is 1.00 bits per heavy atom. The molecule has 0 spiro atoms. The summed E-state index contributed by atoms with van der Waals surface area (Å²) in [7, 11) is 0. The maximum Gasteiger partial charge on any atom is 0.171 e. The minimum absolute atomic E-state index is 0.427. The first-order valence-electron chi connectivity index (χ1n) is 8.59. The van der Waals surface area contributed by atoms with Crippen LogP contribution in [0, 0.1) is 11.3 Å². The second-order valence-electron chi connectivity index (χ2n) is 6.20. The molecule has 0 aromatic heterocycles. The van der Waals surface area contributed by atoms with Gasteiger partial charge in [-0.1, -0.05) is 24.3 Å². The molecule has 1 saturated heterocycles. The third kappa shape index (κ3) is 4.94. The highest BCUT2D eigenvalue weighted by Crippen LogP contribution is 2.20. The number of anilines is 2. The Hall–Kier alpha value is -2.58. The molecule has 4 nitrogen and oxygen atoms in total. The summed E-state index contributed by atoms with van der Waals surface area (Å²) in [6, 6.07) is 18.6. The van der Waals surface area contributed by atoms with Gasteiger partial charge in [-0.15, -0.1) is 0 Å². The molecule has 1 heterocycles. The van der Waals surface area contributed by atoms with Gasteiger partial charge < -0.3 is 15.5 Å². The summed E-state index contributed by atoms with van der Waals surface area (Å²) in [6.07, 6.45) is 3.01. The Balaban J connectivity index is 1.47. The number of nitrogens with zero attached hydrogens (tertiary/aromatic N) is 2. The van der Waals surface area contributed by atoms with Crippen LogP contribution in [0.4, 0.5) is 11.4 Å². The zero-order valence-corrected chi connectivity index (χ0v) is 15.0. The summed E-state index contributed by atoms with van der Waals surface area (Å²) in [6.45, 7) is 3.02. The van der Waals surface area contributed by atoms with Crippen molar-refractivity contribution >= 4 is 28.7 Å². The van der Waals surface area contributed by atoms with Crippen LogP contribution in [0.3, 0.4) is 0 Å². The van der Waals surface area contributed by atoms with Crippen molar-refractivity contribution in [3.8, 4) is 6.07 Å². The molecule has 5 heteroatoms. The molecule has 1 aliphatic heterocycles. The van der Waals surface area contributed by atoms with Crippen LogP contribution < -0.4 is 15.5 Å². The Morgan fingerprint density at radius 3 is 2.28 bits per heavy atom. The predicted molar refractivity (Wildman–Crippen MR) is 107 cm³/mol. The minimum Gasteiger partial charge on any atom is -0.372 e. The van der Waals surface area contributed by atoms with Gasteiger partial charge in [0.1, 0.15) is 0 Å². The van der Waals surface area contributed by atoms with Crippen molar-refractivity contribution in [2.45, 2.75) is 25.8 Å². The van der Waals surface area contributed by atoms with E-state index >= 15 is 0 Å². The fourth-order valence-electron chi connectivity index (χ4n) is 2.95. The number of hydrogen-bond acceptors (Lipinski definition) is 3. The molecular formula is C20H22N4S. The molecule has 3 rings (SSSR count). The van der Waals surface area contributed by atoms with Gasteiger partial charge in [-0.05, 0) is 60.5 Å². The van der Waals surface area contributed by atoms with Crippen LogP contribution in [-0.4, -0.2) is 18.2 Å². The van der Waals surface area contributed by atoms with Crippen molar-refractivity contribution in [2.75, 3.05) is 23.3 Å². The van der Waals surface area contributed by atoms with E-state index in [9.17, 15) is 0 Å². The SMILES string of the molecule is N#CCc1ccc(NC(=S)NCc2ccc(N3CCCC3)cc2)cc1. The van der Waals surface area contributed by atoms with E-state index in [2.05, 4.69) is 45.9 Å². The van der Waals surface area contributed by atoms with E-state index in [4.69, 9.17) is 17.5 Å². The molecule has 0 unspecified atom stereocenters. The maximum atomic E-state index is 8.69. The molecule has 1 fully saturated rings. The van der Waals surface area contributed by atoms with Gasteiger partial charge in [0, 0.05) is 31.0 Å². The second kappa shape index (κ2) is 8.50. The monoisotopic (exact) mass is 350 g/mol. The smallest absolute Gasteiger partial charge is 0.171 e. The Bertz CT molecular complexity index is 741. The zero-order valence-electron chi connectivity index (χ0n) is 14.2. The van der Waals surface area contributed by atoms with Gasteiger partial charge in [-0.25, -0.2) is 0 Å². The Morgan fingerprint density at radius 2 is 1.64 bits per heavy atom. The molecule has 0 aliphatic carbocycles. The lowest BCUT2D eigenvalue weighted by Gasteiger charge is -2.18. The van der Waals surface area contributed by atoms with Gasteiger partial charge >= 0.3 is 0 Å². The van der Waals surface area contributed by atoms with Crippen LogP contribution >= 0.6 is 12.2 Å². The van der Waals surface area contributed by atoms with Crippen molar-refractivity contribution in [1.29, 1.82) is 5.26 Å². The van der Waals surface area contributed by atoms with Crippen LogP contribution in [0.2, 0.25) is 0 Å². The molecule has 2 N–H and O–H groups in total. The molecule has 2 aromatic rings.